The number of benzene rings is 3. The monoisotopic (exact) mass is 492 g/mol. The maximum Gasteiger partial charge on any atom is 0.280 e. The molecule has 0 radical (unpaired) electrons. The molecule has 10 heteroatoms. The van der Waals surface area contributed by atoms with Gasteiger partial charge in [0.1, 0.15) is 5.82 Å². The molecule has 178 valence electrons. The number of nitrogens with zero attached hydrogens (tertiary/aromatic N) is 3. The number of anilines is 1. The third-order valence-corrected chi connectivity index (χ3v) is 7.00. The van der Waals surface area contributed by atoms with Crippen molar-refractivity contribution in [3.8, 4) is 5.69 Å². The molecule has 0 aliphatic heterocycles. The van der Waals surface area contributed by atoms with E-state index in [1.807, 2.05) is 30.3 Å². The van der Waals surface area contributed by atoms with Crippen LogP contribution in [0.4, 0.5) is 10.1 Å². The Bertz CT molecular complexity index is 1500. The van der Waals surface area contributed by atoms with Crippen molar-refractivity contribution in [3.63, 3.8) is 0 Å². The van der Waals surface area contributed by atoms with Gasteiger partial charge in [-0.15, -0.1) is 0 Å². The van der Waals surface area contributed by atoms with E-state index in [1.165, 1.54) is 76.8 Å². The van der Waals surface area contributed by atoms with Crippen molar-refractivity contribution in [2.24, 2.45) is 0 Å². The first-order valence-electron chi connectivity index (χ1n) is 10.5. The van der Waals surface area contributed by atoms with Crippen LogP contribution in [-0.4, -0.2) is 35.5 Å². The highest BCUT2D eigenvalue weighted by atomic mass is 32.2. The first-order chi connectivity index (χ1) is 16.7. The lowest BCUT2D eigenvalue weighted by Crippen LogP contribution is -2.27. The van der Waals surface area contributed by atoms with Gasteiger partial charge in [-0.1, -0.05) is 30.3 Å². The molecule has 0 saturated heterocycles. The first-order valence-corrected chi connectivity index (χ1v) is 12.0. The van der Waals surface area contributed by atoms with Gasteiger partial charge in [0.2, 0.25) is 15.5 Å². The molecule has 1 heterocycles. The lowest BCUT2D eigenvalue weighted by atomic mass is 10.2. The Balaban J connectivity index is 1.50. The predicted octanol–water partition coefficient (Wildman–Crippen LogP) is 3.44. The third kappa shape index (κ3) is 5.51. The second kappa shape index (κ2) is 10.00. The average Bonchev–Trinajstić information content (AvgIpc) is 2.86. The molecule has 0 saturated carbocycles. The highest BCUT2D eigenvalue weighted by Crippen LogP contribution is 2.19. The number of amides is 1. The van der Waals surface area contributed by atoms with Gasteiger partial charge in [-0.3, -0.25) is 9.59 Å². The second-order valence-corrected chi connectivity index (χ2v) is 9.72. The Labute approximate surface area is 201 Å². The summed E-state index contributed by atoms with van der Waals surface area (Å²) in [6.45, 7) is 0.210. The van der Waals surface area contributed by atoms with Crippen molar-refractivity contribution in [1.82, 2.24) is 14.1 Å². The molecule has 0 fully saturated rings. The minimum Gasteiger partial charge on any atom is -0.320 e. The molecule has 1 aromatic heterocycles. The van der Waals surface area contributed by atoms with Crippen molar-refractivity contribution >= 4 is 21.6 Å². The van der Waals surface area contributed by atoms with Crippen LogP contribution < -0.4 is 10.7 Å². The molecule has 8 nitrogen and oxygen atoms in total. The lowest BCUT2D eigenvalue weighted by Gasteiger charge is -2.17. The molecule has 0 atom stereocenters. The van der Waals surface area contributed by atoms with Crippen molar-refractivity contribution in [2.45, 2.75) is 11.4 Å². The van der Waals surface area contributed by atoms with Crippen LogP contribution in [0, 0.1) is 5.82 Å². The summed E-state index contributed by atoms with van der Waals surface area (Å²) in [4.78, 5) is 25.0. The Morgan fingerprint density at radius 3 is 2.29 bits per heavy atom. The van der Waals surface area contributed by atoms with E-state index in [9.17, 15) is 22.4 Å². The van der Waals surface area contributed by atoms with E-state index >= 15 is 0 Å². The number of aromatic nitrogens is 2. The van der Waals surface area contributed by atoms with Crippen molar-refractivity contribution in [3.05, 3.63) is 118 Å². The van der Waals surface area contributed by atoms with Crippen molar-refractivity contribution < 1.29 is 17.6 Å². The Morgan fingerprint density at radius 1 is 0.971 bits per heavy atom. The lowest BCUT2D eigenvalue weighted by molar-refractivity contribution is 0.101. The summed E-state index contributed by atoms with van der Waals surface area (Å²) in [6.07, 6.45) is 1.37. The molecule has 0 aliphatic carbocycles. The topological polar surface area (TPSA) is 101 Å². The number of sulfonamides is 1. The highest BCUT2D eigenvalue weighted by Gasteiger charge is 2.21. The second-order valence-electron chi connectivity index (χ2n) is 7.67. The van der Waals surface area contributed by atoms with Crippen LogP contribution >= 0.6 is 0 Å². The van der Waals surface area contributed by atoms with Crippen LogP contribution in [0.2, 0.25) is 0 Å². The van der Waals surface area contributed by atoms with Gasteiger partial charge >= 0.3 is 0 Å². The van der Waals surface area contributed by atoms with Crippen LogP contribution in [0.15, 0.2) is 101 Å². The number of rotatable bonds is 7. The molecule has 0 aliphatic rings. The molecule has 1 amide bonds. The number of halogens is 1. The van der Waals surface area contributed by atoms with E-state index in [2.05, 4.69) is 10.4 Å². The summed E-state index contributed by atoms with van der Waals surface area (Å²) in [7, 11) is -2.26. The van der Waals surface area contributed by atoms with Crippen molar-refractivity contribution in [1.29, 1.82) is 0 Å². The van der Waals surface area contributed by atoms with E-state index in [0.717, 1.165) is 5.56 Å². The fourth-order valence-corrected chi connectivity index (χ4v) is 4.47. The normalized spacial score (nSPS) is 11.4. The van der Waals surface area contributed by atoms with Gasteiger partial charge in [0.05, 0.1) is 10.6 Å². The predicted molar refractivity (Wildman–Crippen MR) is 129 cm³/mol. The molecule has 1 N–H and O–H groups in total. The van der Waals surface area contributed by atoms with E-state index in [-0.39, 0.29) is 22.8 Å². The van der Waals surface area contributed by atoms with Gasteiger partial charge in [0, 0.05) is 31.5 Å². The van der Waals surface area contributed by atoms with Crippen LogP contribution in [-0.2, 0) is 16.6 Å². The molecule has 4 rings (SSSR count). The molecular formula is C25H21FN4O4S. The van der Waals surface area contributed by atoms with Gasteiger partial charge in [0.15, 0.2) is 5.69 Å². The van der Waals surface area contributed by atoms with Gasteiger partial charge in [-0.25, -0.2) is 17.5 Å². The maximum atomic E-state index is 13.2. The van der Waals surface area contributed by atoms with Crippen LogP contribution in [0.3, 0.4) is 0 Å². The third-order valence-electron chi connectivity index (χ3n) is 5.18. The zero-order chi connectivity index (χ0) is 25.0. The van der Waals surface area contributed by atoms with Crippen LogP contribution in [0.5, 0.6) is 0 Å². The minimum absolute atomic E-state index is 0.0606. The zero-order valence-corrected chi connectivity index (χ0v) is 19.4. The van der Waals surface area contributed by atoms with Gasteiger partial charge in [0.25, 0.3) is 5.91 Å². The summed E-state index contributed by atoms with van der Waals surface area (Å²) in [5.74, 6) is -1.19. The van der Waals surface area contributed by atoms with Crippen LogP contribution in [0.25, 0.3) is 5.69 Å². The summed E-state index contributed by atoms with van der Waals surface area (Å²) in [5, 5.41) is 6.61. The molecule has 35 heavy (non-hydrogen) atoms. The van der Waals surface area contributed by atoms with E-state index < -0.39 is 27.2 Å². The summed E-state index contributed by atoms with van der Waals surface area (Å²) in [5.41, 5.74) is 0.649. The SMILES string of the molecule is CN(Cc1ccccc1)S(=O)(=O)c1ccc(NC(=O)c2nn(-c3ccc(F)cc3)ccc2=O)cc1. The maximum absolute atomic E-state index is 13.2. The number of carbonyl (C=O) groups excluding carboxylic acids is 1. The van der Waals surface area contributed by atoms with Crippen LogP contribution in [0.1, 0.15) is 16.1 Å². The fraction of sp³-hybridized carbons (Fsp3) is 0.0800. The van der Waals surface area contributed by atoms with Gasteiger partial charge in [-0.05, 0) is 54.1 Å². The molecule has 0 bridgehead atoms. The van der Waals surface area contributed by atoms with E-state index in [0.29, 0.717) is 5.69 Å². The minimum atomic E-state index is -3.75. The highest BCUT2D eigenvalue weighted by molar-refractivity contribution is 7.89. The first kappa shape index (κ1) is 24.0. The Kier molecular flexibility index (Phi) is 6.85. The van der Waals surface area contributed by atoms with Crippen molar-refractivity contribution in [2.75, 3.05) is 12.4 Å². The average molecular weight is 493 g/mol. The molecule has 3 aromatic carbocycles. The molecule has 0 unspecified atom stereocenters. The Hall–Kier alpha value is -4.15. The molecule has 0 spiro atoms. The number of hydrogen-bond acceptors (Lipinski definition) is 5. The summed E-state index contributed by atoms with van der Waals surface area (Å²) in [6, 6.07) is 21.4. The fourth-order valence-electron chi connectivity index (χ4n) is 3.31. The number of nitrogens with one attached hydrogen (secondary N) is 1. The van der Waals surface area contributed by atoms with Gasteiger partial charge < -0.3 is 5.32 Å². The molecule has 4 aromatic rings. The quantitative estimate of drug-likeness (QED) is 0.426. The summed E-state index contributed by atoms with van der Waals surface area (Å²) < 4.78 is 41.5. The standard InChI is InChI=1S/C25H21FN4O4S/c1-29(17-18-5-3-2-4-6-18)35(33,34)22-13-9-20(10-14-22)27-25(32)24-23(31)15-16-30(28-24)21-11-7-19(26)8-12-21/h2-16H,17H2,1H3,(H,27,32). The van der Waals surface area contributed by atoms with E-state index in [4.69, 9.17) is 0 Å². The largest absolute Gasteiger partial charge is 0.320 e. The number of carbonyl (C=O) groups is 1. The van der Waals surface area contributed by atoms with Gasteiger partial charge in [-0.2, -0.15) is 9.40 Å². The molecular weight excluding hydrogens is 471 g/mol. The smallest absolute Gasteiger partial charge is 0.280 e. The Morgan fingerprint density at radius 2 is 1.63 bits per heavy atom. The number of hydrogen-bond donors (Lipinski definition) is 1. The summed E-state index contributed by atoms with van der Waals surface area (Å²) >= 11 is 0. The van der Waals surface area contributed by atoms with E-state index in [1.54, 1.807) is 0 Å². The zero-order valence-electron chi connectivity index (χ0n) is 18.6.